The third kappa shape index (κ3) is 5.28. The summed E-state index contributed by atoms with van der Waals surface area (Å²) >= 11 is 0. The molecule has 0 bridgehead atoms. The monoisotopic (exact) mass is 475 g/mol. The van der Waals surface area contributed by atoms with Crippen molar-refractivity contribution < 1.29 is 27.2 Å². The van der Waals surface area contributed by atoms with Crippen LogP contribution in [0.5, 0.6) is 17.2 Å². The molecule has 0 unspecified atom stereocenters. The standard InChI is InChI=1S/C23H29N3O6S/c1-7-15(3)20(26-33(27,28)17-10-8-14(2)9-11-17)23-24-22(25-32-23)16-12-18(29-4)21(31-6)19(13-16)30-5/h8-13,15,20,26H,7H2,1-6H3/t15-,20-/m1/s1. The van der Waals surface area contributed by atoms with Gasteiger partial charge in [0.1, 0.15) is 6.04 Å². The van der Waals surface area contributed by atoms with Gasteiger partial charge in [0.05, 0.1) is 26.2 Å². The Morgan fingerprint density at radius 2 is 1.64 bits per heavy atom. The van der Waals surface area contributed by atoms with E-state index in [0.717, 1.165) is 5.56 Å². The summed E-state index contributed by atoms with van der Waals surface area (Å²) in [7, 11) is 0.749. The van der Waals surface area contributed by atoms with Crippen molar-refractivity contribution >= 4 is 10.0 Å². The number of hydrogen-bond acceptors (Lipinski definition) is 8. The van der Waals surface area contributed by atoms with Crippen LogP contribution in [0.3, 0.4) is 0 Å². The molecule has 3 aromatic rings. The number of aromatic nitrogens is 2. The molecule has 0 aliphatic rings. The zero-order valence-corrected chi connectivity index (χ0v) is 20.4. The number of nitrogens with zero attached hydrogens (tertiary/aromatic N) is 2. The number of ether oxygens (including phenoxy) is 3. The molecule has 2 aromatic carbocycles. The molecule has 9 nitrogen and oxygen atoms in total. The molecule has 0 saturated heterocycles. The van der Waals surface area contributed by atoms with E-state index in [-0.39, 0.29) is 22.5 Å². The number of aryl methyl sites for hydroxylation is 1. The van der Waals surface area contributed by atoms with Crippen LogP contribution < -0.4 is 18.9 Å². The van der Waals surface area contributed by atoms with Crippen LogP contribution in [0, 0.1) is 12.8 Å². The number of rotatable bonds is 10. The SMILES string of the molecule is CC[C@@H](C)[C@@H](NS(=O)(=O)c1ccc(C)cc1)c1nc(-c2cc(OC)c(OC)c(OC)c2)no1. The van der Waals surface area contributed by atoms with Crippen LogP contribution in [0.4, 0.5) is 0 Å². The highest BCUT2D eigenvalue weighted by atomic mass is 32.2. The van der Waals surface area contributed by atoms with Gasteiger partial charge in [-0.25, -0.2) is 8.42 Å². The highest BCUT2D eigenvalue weighted by Crippen LogP contribution is 2.41. The van der Waals surface area contributed by atoms with E-state index < -0.39 is 16.1 Å². The Bertz CT molecular complexity index is 1170. The normalized spacial score (nSPS) is 13.4. The molecule has 0 saturated carbocycles. The Labute approximate surface area is 194 Å². The predicted octanol–water partition coefficient (Wildman–Crippen LogP) is 4.14. The van der Waals surface area contributed by atoms with E-state index in [1.54, 1.807) is 36.4 Å². The molecule has 3 rings (SSSR count). The van der Waals surface area contributed by atoms with Crippen molar-refractivity contribution in [2.24, 2.45) is 5.92 Å². The molecular weight excluding hydrogens is 446 g/mol. The third-order valence-electron chi connectivity index (χ3n) is 5.46. The molecule has 2 atom stereocenters. The fourth-order valence-electron chi connectivity index (χ4n) is 3.29. The maximum absolute atomic E-state index is 13.0. The van der Waals surface area contributed by atoms with Gasteiger partial charge in [0.15, 0.2) is 11.5 Å². The lowest BCUT2D eigenvalue weighted by molar-refractivity contribution is 0.298. The molecule has 0 fully saturated rings. The second kappa shape index (κ2) is 10.2. The Morgan fingerprint density at radius 3 is 2.15 bits per heavy atom. The van der Waals surface area contributed by atoms with E-state index in [9.17, 15) is 8.42 Å². The van der Waals surface area contributed by atoms with Crippen molar-refractivity contribution in [3.8, 4) is 28.6 Å². The highest BCUT2D eigenvalue weighted by molar-refractivity contribution is 7.89. The molecule has 0 aliphatic heterocycles. The first-order valence-electron chi connectivity index (χ1n) is 10.5. The van der Waals surface area contributed by atoms with Crippen LogP contribution in [0.2, 0.25) is 0 Å². The van der Waals surface area contributed by atoms with Crippen molar-refractivity contribution in [1.29, 1.82) is 0 Å². The number of nitrogens with one attached hydrogen (secondary N) is 1. The van der Waals surface area contributed by atoms with Crippen LogP contribution in [-0.2, 0) is 10.0 Å². The molecule has 0 spiro atoms. The summed E-state index contributed by atoms with van der Waals surface area (Å²) in [5.41, 5.74) is 1.54. The first kappa shape index (κ1) is 24.5. The van der Waals surface area contributed by atoms with Crippen LogP contribution in [-0.4, -0.2) is 39.9 Å². The largest absolute Gasteiger partial charge is 0.493 e. The van der Waals surface area contributed by atoms with E-state index in [1.165, 1.54) is 21.3 Å². The minimum Gasteiger partial charge on any atom is -0.493 e. The van der Waals surface area contributed by atoms with E-state index in [1.807, 2.05) is 20.8 Å². The van der Waals surface area contributed by atoms with Crippen LogP contribution in [0.15, 0.2) is 45.8 Å². The van der Waals surface area contributed by atoms with E-state index in [2.05, 4.69) is 14.9 Å². The summed E-state index contributed by atoms with van der Waals surface area (Å²) in [4.78, 5) is 4.66. The average Bonchev–Trinajstić information content (AvgIpc) is 3.31. The molecule has 0 radical (unpaired) electrons. The Balaban J connectivity index is 1.98. The molecule has 178 valence electrons. The lowest BCUT2D eigenvalue weighted by Crippen LogP contribution is -2.32. The average molecular weight is 476 g/mol. The fourth-order valence-corrected chi connectivity index (χ4v) is 4.59. The summed E-state index contributed by atoms with van der Waals surface area (Å²) in [5, 5.41) is 4.07. The fraction of sp³-hybridized carbons (Fsp3) is 0.391. The van der Waals surface area contributed by atoms with Gasteiger partial charge in [-0.1, -0.05) is 43.1 Å². The summed E-state index contributed by atoms with van der Waals surface area (Å²) in [5.74, 6) is 1.67. The maximum atomic E-state index is 13.0. The van der Waals surface area contributed by atoms with Crippen LogP contribution in [0.25, 0.3) is 11.4 Å². The number of methoxy groups -OCH3 is 3. The van der Waals surface area contributed by atoms with Crippen molar-refractivity contribution in [1.82, 2.24) is 14.9 Å². The minimum atomic E-state index is -3.80. The second-order valence-corrected chi connectivity index (χ2v) is 9.38. The summed E-state index contributed by atoms with van der Waals surface area (Å²) in [6.07, 6.45) is 0.697. The lowest BCUT2D eigenvalue weighted by Gasteiger charge is -2.20. The van der Waals surface area contributed by atoms with Crippen molar-refractivity contribution in [3.05, 3.63) is 47.9 Å². The van der Waals surface area contributed by atoms with Crippen molar-refractivity contribution in [2.75, 3.05) is 21.3 Å². The van der Waals surface area contributed by atoms with Gasteiger partial charge < -0.3 is 18.7 Å². The lowest BCUT2D eigenvalue weighted by atomic mass is 10.0. The van der Waals surface area contributed by atoms with Crippen molar-refractivity contribution in [2.45, 2.75) is 38.1 Å². The number of hydrogen-bond donors (Lipinski definition) is 1. The quantitative estimate of drug-likeness (QED) is 0.466. The Kier molecular flexibility index (Phi) is 7.60. The van der Waals surface area contributed by atoms with E-state index in [4.69, 9.17) is 18.7 Å². The van der Waals surface area contributed by atoms with Crippen LogP contribution >= 0.6 is 0 Å². The van der Waals surface area contributed by atoms with E-state index >= 15 is 0 Å². The van der Waals surface area contributed by atoms with Gasteiger partial charge in [0.2, 0.25) is 27.5 Å². The zero-order valence-electron chi connectivity index (χ0n) is 19.6. The Hall–Kier alpha value is -3.11. The van der Waals surface area contributed by atoms with Gasteiger partial charge in [-0.3, -0.25) is 0 Å². The minimum absolute atomic E-state index is 0.0986. The van der Waals surface area contributed by atoms with Gasteiger partial charge in [0.25, 0.3) is 0 Å². The smallest absolute Gasteiger partial charge is 0.245 e. The van der Waals surface area contributed by atoms with Crippen LogP contribution in [0.1, 0.15) is 37.8 Å². The summed E-state index contributed by atoms with van der Waals surface area (Å²) in [6.45, 7) is 5.79. The first-order chi connectivity index (χ1) is 15.7. The molecule has 1 N–H and O–H groups in total. The molecule has 33 heavy (non-hydrogen) atoms. The second-order valence-electron chi connectivity index (χ2n) is 7.67. The molecule has 10 heteroatoms. The predicted molar refractivity (Wildman–Crippen MR) is 123 cm³/mol. The molecule has 1 aromatic heterocycles. The van der Waals surface area contributed by atoms with Gasteiger partial charge in [-0.05, 0) is 37.1 Å². The summed E-state index contributed by atoms with van der Waals surface area (Å²) < 4.78 is 50.4. The van der Waals surface area contributed by atoms with Gasteiger partial charge in [0, 0.05) is 5.56 Å². The molecule has 0 aliphatic carbocycles. The van der Waals surface area contributed by atoms with Gasteiger partial charge in [-0.2, -0.15) is 9.71 Å². The zero-order chi connectivity index (χ0) is 24.2. The first-order valence-corrected chi connectivity index (χ1v) is 11.9. The highest BCUT2D eigenvalue weighted by Gasteiger charge is 2.30. The maximum Gasteiger partial charge on any atom is 0.245 e. The number of benzene rings is 2. The Morgan fingerprint density at radius 1 is 1.03 bits per heavy atom. The molecule has 0 amide bonds. The third-order valence-corrected chi connectivity index (χ3v) is 6.91. The van der Waals surface area contributed by atoms with Crippen molar-refractivity contribution in [3.63, 3.8) is 0 Å². The number of sulfonamides is 1. The van der Waals surface area contributed by atoms with Gasteiger partial charge >= 0.3 is 0 Å². The molecular formula is C23H29N3O6S. The topological polar surface area (TPSA) is 113 Å². The molecule has 1 heterocycles. The summed E-state index contributed by atoms with van der Waals surface area (Å²) in [6, 6.07) is 9.34. The van der Waals surface area contributed by atoms with Gasteiger partial charge in [-0.15, -0.1) is 0 Å². The van der Waals surface area contributed by atoms with E-state index in [0.29, 0.717) is 29.2 Å².